The fourth-order valence-electron chi connectivity index (χ4n) is 4.09. The van der Waals surface area contributed by atoms with Gasteiger partial charge in [-0.25, -0.2) is 0 Å². The van der Waals surface area contributed by atoms with E-state index in [4.69, 9.17) is 37.4 Å². The van der Waals surface area contributed by atoms with Gasteiger partial charge in [0.2, 0.25) is 12.6 Å². The lowest BCUT2D eigenvalue weighted by Crippen LogP contribution is -2.30. The quantitative estimate of drug-likeness (QED) is 0.191. The highest BCUT2D eigenvalue weighted by molar-refractivity contribution is 6.18. The van der Waals surface area contributed by atoms with Crippen molar-refractivity contribution in [3.8, 4) is 11.5 Å². The van der Waals surface area contributed by atoms with Crippen molar-refractivity contribution in [2.75, 3.05) is 11.8 Å². The Morgan fingerprint density at radius 2 is 1.49 bits per heavy atom. The molecule has 1 N–H and O–H groups in total. The van der Waals surface area contributed by atoms with E-state index in [1.54, 1.807) is 18.2 Å². The van der Waals surface area contributed by atoms with E-state index in [9.17, 15) is 9.90 Å². The first kappa shape index (κ1) is 31.4. The zero-order chi connectivity index (χ0) is 27.4. The van der Waals surface area contributed by atoms with Crippen molar-refractivity contribution in [3.05, 3.63) is 58.7 Å². The number of rotatable bonds is 9. The second-order valence-electron chi connectivity index (χ2n) is 10.0. The average Bonchev–Trinajstić information content (AvgIpc) is 2.91. The van der Waals surface area contributed by atoms with Gasteiger partial charge in [0.15, 0.2) is 0 Å². The minimum absolute atomic E-state index is 0.312. The van der Waals surface area contributed by atoms with Crippen LogP contribution in [0.3, 0.4) is 0 Å². The summed E-state index contributed by atoms with van der Waals surface area (Å²) in [5.41, 5.74) is 2.45. The molecule has 0 saturated heterocycles. The number of unbranched alkanes of at least 4 members (excludes halogenated alkanes) is 2. The molecule has 3 atom stereocenters. The second kappa shape index (κ2) is 15.6. The van der Waals surface area contributed by atoms with Gasteiger partial charge in [-0.1, -0.05) is 59.9 Å². The number of aliphatic hydroxyl groups excluding tert-OH is 1. The molecular formula is C30H42Cl2O5. The summed E-state index contributed by atoms with van der Waals surface area (Å²) in [4.78, 5) is 11.1. The zero-order valence-corrected chi connectivity index (χ0v) is 24.3. The molecule has 3 unspecified atom stereocenters. The van der Waals surface area contributed by atoms with Gasteiger partial charge in [0, 0.05) is 17.3 Å². The molecule has 0 amide bonds. The third-order valence-electron chi connectivity index (χ3n) is 6.17. The number of carbonyl (C=O) groups excluding carboxylic acids is 1. The Bertz CT molecular complexity index is 974. The topological polar surface area (TPSA) is 65.0 Å². The molecule has 0 fully saturated rings. The van der Waals surface area contributed by atoms with Gasteiger partial charge in [0.25, 0.3) is 0 Å². The molecule has 0 spiro atoms. The molecule has 4 rings (SSSR count). The molecule has 2 heterocycles. The van der Waals surface area contributed by atoms with E-state index in [0.717, 1.165) is 36.1 Å². The SMILES string of the molecule is CC(C)(CCCCl)C(O)c1ccc2c(c1)C1Oc3ccc(C=O)cc3C(O2)O1.CCC.CCCCCCl. The van der Waals surface area contributed by atoms with Gasteiger partial charge >= 0.3 is 0 Å². The third-order valence-corrected chi connectivity index (χ3v) is 6.71. The van der Waals surface area contributed by atoms with Crippen LogP contribution >= 0.6 is 23.2 Å². The largest absolute Gasteiger partial charge is 0.460 e. The average molecular weight is 554 g/mol. The highest BCUT2D eigenvalue weighted by Crippen LogP contribution is 2.49. The molecular weight excluding hydrogens is 511 g/mol. The summed E-state index contributed by atoms with van der Waals surface area (Å²) in [6.07, 6.45) is 5.52. The van der Waals surface area contributed by atoms with Crippen LogP contribution in [-0.2, 0) is 4.74 Å². The molecule has 2 bridgehead atoms. The van der Waals surface area contributed by atoms with Crippen LogP contribution in [0.4, 0.5) is 0 Å². The normalized spacial score (nSPS) is 17.8. The second-order valence-corrected chi connectivity index (χ2v) is 10.8. The Hall–Kier alpha value is -1.79. The van der Waals surface area contributed by atoms with E-state index in [1.807, 2.05) is 32.0 Å². The van der Waals surface area contributed by atoms with Crippen LogP contribution in [0.1, 0.15) is 119 Å². The van der Waals surface area contributed by atoms with Gasteiger partial charge in [-0.2, -0.15) is 0 Å². The van der Waals surface area contributed by atoms with Gasteiger partial charge in [0.05, 0.1) is 17.2 Å². The lowest BCUT2D eigenvalue weighted by atomic mass is 9.78. The van der Waals surface area contributed by atoms with Crippen LogP contribution in [0, 0.1) is 5.41 Å². The minimum atomic E-state index is -0.648. The summed E-state index contributed by atoms with van der Waals surface area (Å²) in [5.74, 6) is 2.68. The van der Waals surface area contributed by atoms with Crippen LogP contribution in [0.5, 0.6) is 11.5 Å². The van der Waals surface area contributed by atoms with E-state index in [2.05, 4.69) is 20.8 Å². The molecule has 2 aromatic rings. The Balaban J connectivity index is 0.000000464. The van der Waals surface area contributed by atoms with Crippen molar-refractivity contribution in [2.45, 2.75) is 91.8 Å². The molecule has 2 aromatic carbocycles. The van der Waals surface area contributed by atoms with Crippen molar-refractivity contribution in [2.24, 2.45) is 5.41 Å². The number of hydrogen-bond acceptors (Lipinski definition) is 5. The number of ether oxygens (including phenoxy) is 3. The molecule has 37 heavy (non-hydrogen) atoms. The fraction of sp³-hybridized carbons (Fsp3) is 0.567. The van der Waals surface area contributed by atoms with Crippen molar-refractivity contribution in [1.29, 1.82) is 0 Å². The first-order valence-corrected chi connectivity index (χ1v) is 14.3. The van der Waals surface area contributed by atoms with E-state index in [0.29, 0.717) is 28.5 Å². The number of benzene rings is 2. The number of alkyl halides is 2. The molecule has 0 aliphatic carbocycles. The smallest absolute Gasteiger partial charge is 0.233 e. The maximum Gasteiger partial charge on any atom is 0.233 e. The first-order valence-electron chi connectivity index (χ1n) is 13.3. The number of aldehydes is 1. The van der Waals surface area contributed by atoms with Gasteiger partial charge in [-0.05, 0) is 60.6 Å². The van der Waals surface area contributed by atoms with Gasteiger partial charge in [0.1, 0.15) is 17.8 Å². The molecule has 2 aliphatic heterocycles. The number of halogens is 2. The minimum Gasteiger partial charge on any atom is -0.460 e. The predicted octanol–water partition coefficient (Wildman–Crippen LogP) is 8.91. The fourth-order valence-corrected chi connectivity index (χ4v) is 4.41. The summed E-state index contributed by atoms with van der Waals surface area (Å²) in [7, 11) is 0. The van der Waals surface area contributed by atoms with Crippen molar-refractivity contribution in [1.82, 2.24) is 0 Å². The third kappa shape index (κ3) is 8.61. The summed E-state index contributed by atoms with van der Waals surface area (Å²) < 4.78 is 17.9. The van der Waals surface area contributed by atoms with Crippen molar-refractivity contribution in [3.63, 3.8) is 0 Å². The summed E-state index contributed by atoms with van der Waals surface area (Å²) >= 11 is 11.2. The number of fused-ring (bicyclic) bond motifs is 6. The van der Waals surface area contributed by atoms with E-state index in [1.165, 1.54) is 25.7 Å². The van der Waals surface area contributed by atoms with Gasteiger partial charge in [-0.3, -0.25) is 9.53 Å². The van der Waals surface area contributed by atoms with E-state index in [-0.39, 0.29) is 5.41 Å². The highest BCUT2D eigenvalue weighted by atomic mass is 35.5. The molecule has 0 saturated carbocycles. The van der Waals surface area contributed by atoms with Crippen LogP contribution < -0.4 is 9.47 Å². The van der Waals surface area contributed by atoms with E-state index >= 15 is 0 Å². The Morgan fingerprint density at radius 3 is 2.00 bits per heavy atom. The van der Waals surface area contributed by atoms with Crippen LogP contribution in [-0.4, -0.2) is 23.2 Å². The molecule has 2 aliphatic rings. The maximum atomic E-state index is 11.1. The molecule has 7 heteroatoms. The summed E-state index contributed by atoms with van der Waals surface area (Å²) in [5, 5.41) is 10.9. The lowest BCUT2D eigenvalue weighted by Gasteiger charge is -2.38. The van der Waals surface area contributed by atoms with Gasteiger partial charge < -0.3 is 14.6 Å². The maximum absolute atomic E-state index is 11.1. The molecule has 5 nitrogen and oxygen atoms in total. The Morgan fingerprint density at radius 1 is 0.919 bits per heavy atom. The lowest BCUT2D eigenvalue weighted by molar-refractivity contribution is -0.227. The molecule has 0 radical (unpaired) electrons. The summed E-state index contributed by atoms with van der Waals surface area (Å²) in [6.45, 7) is 10.5. The van der Waals surface area contributed by atoms with Crippen molar-refractivity contribution >= 4 is 29.5 Å². The Kier molecular flexibility index (Phi) is 13.2. The highest BCUT2D eigenvalue weighted by Gasteiger charge is 2.39. The number of aliphatic hydroxyl groups is 1. The van der Waals surface area contributed by atoms with Crippen LogP contribution in [0.2, 0.25) is 0 Å². The van der Waals surface area contributed by atoms with Crippen molar-refractivity contribution < 1.29 is 24.1 Å². The van der Waals surface area contributed by atoms with Crippen LogP contribution in [0.25, 0.3) is 0 Å². The Labute approximate surface area is 232 Å². The van der Waals surface area contributed by atoms with Gasteiger partial charge in [-0.15, -0.1) is 23.2 Å². The zero-order valence-electron chi connectivity index (χ0n) is 22.8. The summed E-state index contributed by atoms with van der Waals surface area (Å²) in [6, 6.07) is 10.8. The predicted molar refractivity (Wildman–Crippen MR) is 151 cm³/mol. The standard InChI is InChI=1S/C22H23ClO5.C5H11Cl.C3H8/c1-22(2,8-3-9-23)19(25)14-5-7-18-16(11-14)21-26-17-6-4-13(12-24)10-15(17)20(27-18)28-21;1-2-3-4-5-6;1-3-2/h4-7,10-12,19-21,25H,3,8-9H2,1-2H3;2-5H2,1H3;3H2,1-2H3. The molecule has 0 aromatic heterocycles. The monoisotopic (exact) mass is 552 g/mol. The number of carbonyl (C=O) groups is 1. The van der Waals surface area contributed by atoms with E-state index < -0.39 is 18.7 Å². The molecule has 206 valence electrons. The first-order chi connectivity index (χ1) is 17.8. The number of hydrogen-bond donors (Lipinski definition) is 1. The van der Waals surface area contributed by atoms with Crippen LogP contribution in [0.15, 0.2) is 36.4 Å².